The average Bonchev–Trinajstić information content (AvgIpc) is 3.26. The van der Waals surface area contributed by atoms with Gasteiger partial charge in [0.1, 0.15) is 0 Å². The van der Waals surface area contributed by atoms with E-state index < -0.39 is 81.7 Å². The van der Waals surface area contributed by atoms with Crippen molar-refractivity contribution < 1.29 is 68.0 Å². The van der Waals surface area contributed by atoms with Gasteiger partial charge in [0, 0.05) is 54.3 Å². The fourth-order valence-electron chi connectivity index (χ4n) is 6.45. The van der Waals surface area contributed by atoms with E-state index in [1.54, 1.807) is 0 Å². The van der Waals surface area contributed by atoms with Crippen molar-refractivity contribution in [1.82, 2.24) is 10.6 Å². The van der Waals surface area contributed by atoms with Crippen LogP contribution in [0, 0.1) is 6.92 Å². The lowest BCUT2D eigenvalue weighted by Gasteiger charge is -2.33. The van der Waals surface area contributed by atoms with Crippen LogP contribution in [0.5, 0.6) is 0 Å². The standard InChI is InChI=1S/C44H42Br3F6N2O9P3/c1-29-13-12-20-36(39(29)47)44(52,53)67(62,63-65(58,59)42(48,49)34-23-21-32(27-37(34)45)40(56)54-25-10-8-18-30-14-4-2-5-15-30)64-66(60,61)43(50,51)35-24-22-33(28-38(35)46)41(57)55-26-11-9-19-31-16-6-3-7-17-31/h2-7,12-17,20-24,27-28H,8-11,18-19,25-26H2,1H3,(H,54,56)(H,55,57)(H,58,59)(H,60,61). The molecule has 0 aliphatic rings. The van der Waals surface area contributed by atoms with Crippen LogP contribution in [0.15, 0.2) is 129 Å². The molecular weight excluding hydrogens is 1150 g/mol. The average molecular weight is 1190 g/mol. The van der Waals surface area contributed by atoms with Crippen LogP contribution in [-0.2, 0) is 52.1 Å². The number of halogens is 9. The van der Waals surface area contributed by atoms with Gasteiger partial charge in [-0.25, -0.2) is 8.62 Å². The predicted molar refractivity (Wildman–Crippen MR) is 252 cm³/mol. The van der Waals surface area contributed by atoms with Crippen molar-refractivity contribution in [1.29, 1.82) is 0 Å². The van der Waals surface area contributed by atoms with Crippen molar-refractivity contribution in [3.63, 3.8) is 0 Å². The zero-order chi connectivity index (χ0) is 49.4. The van der Waals surface area contributed by atoms with Crippen LogP contribution in [0.4, 0.5) is 26.3 Å². The molecule has 0 saturated carbocycles. The molecule has 2 unspecified atom stereocenters. The highest BCUT2D eigenvalue weighted by atomic mass is 79.9. The number of amides is 2. The SMILES string of the molecule is Cc1cccc(C(F)(F)P(=O)(OP(=O)(O)C(F)(F)c2ccc(C(=O)NCCCCc3ccccc3)cc2Br)OP(=O)(O)C(F)(F)c2ccc(C(=O)NCCCCc3ccccc3)cc2Br)c1Br. The van der Waals surface area contributed by atoms with Crippen LogP contribution < -0.4 is 10.6 Å². The Balaban J connectivity index is 1.38. The quantitative estimate of drug-likeness (QED) is 0.0299. The van der Waals surface area contributed by atoms with Crippen LogP contribution >= 0.6 is 70.6 Å². The summed E-state index contributed by atoms with van der Waals surface area (Å²) < 4.78 is 145. The van der Waals surface area contributed by atoms with Gasteiger partial charge in [0.25, 0.3) is 11.8 Å². The summed E-state index contributed by atoms with van der Waals surface area (Å²) in [5, 5.41) is 5.19. The van der Waals surface area contributed by atoms with E-state index in [0.29, 0.717) is 43.9 Å². The molecule has 0 radical (unpaired) electrons. The van der Waals surface area contributed by atoms with Crippen LogP contribution in [0.1, 0.15) is 79.8 Å². The van der Waals surface area contributed by atoms with Crippen molar-refractivity contribution in [3.8, 4) is 0 Å². The highest BCUT2D eigenvalue weighted by Crippen LogP contribution is 2.84. The summed E-state index contributed by atoms with van der Waals surface area (Å²) in [6.45, 7) is 1.60. The first kappa shape index (κ1) is 54.5. The van der Waals surface area contributed by atoms with Gasteiger partial charge in [-0.05, 0) is 102 Å². The molecule has 5 aromatic carbocycles. The minimum atomic E-state index is -7.53. The third kappa shape index (κ3) is 12.9. The molecule has 4 N–H and O–H groups in total. The molecule has 0 aliphatic heterocycles. The molecule has 67 heavy (non-hydrogen) atoms. The summed E-state index contributed by atoms with van der Waals surface area (Å²) >= 11 is 8.33. The first-order chi connectivity index (χ1) is 31.3. The molecule has 0 spiro atoms. The van der Waals surface area contributed by atoms with Crippen LogP contribution in [-0.4, -0.2) is 34.7 Å². The van der Waals surface area contributed by atoms with E-state index in [0.717, 1.165) is 54.3 Å². The van der Waals surface area contributed by atoms with Gasteiger partial charge in [0.05, 0.1) is 0 Å². The number of carbonyl (C=O) groups is 2. The summed E-state index contributed by atoms with van der Waals surface area (Å²) in [6, 6.07) is 25.8. The van der Waals surface area contributed by atoms with Crippen molar-refractivity contribution in [3.05, 3.63) is 173 Å². The number of alkyl halides is 6. The number of hydrogen-bond acceptors (Lipinski definition) is 7. The number of benzene rings is 5. The van der Waals surface area contributed by atoms with Crippen molar-refractivity contribution in [2.45, 2.75) is 62.4 Å². The highest BCUT2D eigenvalue weighted by Gasteiger charge is 2.69. The van der Waals surface area contributed by atoms with E-state index in [9.17, 15) is 33.1 Å². The normalized spacial score (nSPS) is 14.9. The van der Waals surface area contributed by atoms with Gasteiger partial charge >= 0.3 is 39.8 Å². The van der Waals surface area contributed by atoms with E-state index >= 15 is 26.3 Å². The number of carbonyl (C=O) groups excluding carboxylic acids is 2. The van der Waals surface area contributed by atoms with Crippen molar-refractivity contribution in [2.75, 3.05) is 13.1 Å². The summed E-state index contributed by atoms with van der Waals surface area (Å²) in [4.78, 5) is 47.2. The lowest BCUT2D eigenvalue weighted by molar-refractivity contribution is 0.0290. The van der Waals surface area contributed by atoms with Gasteiger partial charge in [0.15, 0.2) is 0 Å². The maximum atomic E-state index is 16.6. The molecule has 2 amide bonds. The fourth-order valence-corrected chi connectivity index (χ4v) is 14.5. The summed E-state index contributed by atoms with van der Waals surface area (Å²) in [5.41, 5.74) is -19.0. The third-order valence-electron chi connectivity index (χ3n) is 10.2. The lowest BCUT2D eigenvalue weighted by Crippen LogP contribution is -2.26. The molecule has 0 fully saturated rings. The number of unbranched alkanes of at least 4 members (excludes halogenated alkanes) is 2. The minimum Gasteiger partial charge on any atom is -0.352 e. The fraction of sp³-hybridized carbons (Fsp3) is 0.273. The second-order valence-corrected chi connectivity index (χ2v) is 23.6. The lowest BCUT2D eigenvalue weighted by atomic mass is 10.1. The van der Waals surface area contributed by atoms with E-state index in [4.69, 9.17) is 0 Å². The Kier molecular flexibility index (Phi) is 18.4. The first-order valence-corrected chi connectivity index (χ1v) is 27.2. The van der Waals surface area contributed by atoms with E-state index in [1.807, 2.05) is 60.7 Å². The third-order valence-corrected chi connectivity index (χ3v) is 18.8. The summed E-state index contributed by atoms with van der Waals surface area (Å²) in [7, 11) is -22.0. The molecule has 360 valence electrons. The second kappa shape index (κ2) is 22.6. The van der Waals surface area contributed by atoms with Gasteiger partial charge in [-0.3, -0.25) is 23.3 Å². The second-order valence-electron chi connectivity index (χ2n) is 15.0. The predicted octanol–water partition coefficient (Wildman–Crippen LogP) is 13.9. The molecule has 11 nitrogen and oxygen atoms in total. The van der Waals surface area contributed by atoms with Gasteiger partial charge < -0.3 is 20.4 Å². The molecule has 0 saturated heterocycles. The van der Waals surface area contributed by atoms with E-state index in [2.05, 4.69) is 67.0 Å². The Bertz CT molecular complexity index is 2580. The largest absolute Gasteiger partial charge is 0.419 e. The Labute approximate surface area is 407 Å². The molecule has 0 aliphatic carbocycles. The number of aryl methyl sites for hydroxylation is 3. The van der Waals surface area contributed by atoms with Crippen LogP contribution in [0.3, 0.4) is 0 Å². The smallest absolute Gasteiger partial charge is 0.352 e. The Morgan fingerprint density at radius 3 is 1.34 bits per heavy atom. The number of hydrogen-bond donors (Lipinski definition) is 4. The van der Waals surface area contributed by atoms with Gasteiger partial charge in [-0.15, -0.1) is 0 Å². The Morgan fingerprint density at radius 1 is 0.552 bits per heavy atom. The molecule has 23 heteroatoms. The first-order valence-electron chi connectivity index (χ1n) is 20.2. The molecule has 0 heterocycles. The number of rotatable bonds is 22. The zero-order valence-corrected chi connectivity index (χ0v) is 42.6. The van der Waals surface area contributed by atoms with E-state index in [-0.39, 0.29) is 29.8 Å². The molecule has 2 atom stereocenters. The Morgan fingerprint density at radius 2 is 0.955 bits per heavy atom. The van der Waals surface area contributed by atoms with Gasteiger partial charge in [-0.1, -0.05) is 123 Å². The maximum absolute atomic E-state index is 16.6. The van der Waals surface area contributed by atoms with Gasteiger partial charge in [-0.2, -0.15) is 26.3 Å². The topological polar surface area (TPSA) is 168 Å². The molecule has 5 rings (SSSR count). The summed E-state index contributed by atoms with van der Waals surface area (Å²) in [6.07, 6.45) is 3.93. The van der Waals surface area contributed by atoms with Crippen molar-refractivity contribution >= 4 is 82.4 Å². The van der Waals surface area contributed by atoms with Crippen molar-refractivity contribution in [2.24, 2.45) is 0 Å². The molecular formula is C44H42Br3F6N2O9P3. The molecule has 0 bridgehead atoms. The van der Waals surface area contributed by atoms with Gasteiger partial charge in [0.2, 0.25) is 0 Å². The van der Waals surface area contributed by atoms with E-state index in [1.165, 1.54) is 13.0 Å². The monoisotopic (exact) mass is 1190 g/mol. The molecule has 5 aromatic rings. The Hall–Kier alpha value is -3.41. The maximum Gasteiger partial charge on any atom is 0.419 e. The van der Waals surface area contributed by atoms with Crippen LogP contribution in [0.2, 0.25) is 0 Å². The minimum absolute atomic E-state index is 0.0424. The highest BCUT2D eigenvalue weighted by molar-refractivity contribution is 9.11. The number of nitrogens with one attached hydrogen (secondary N) is 2. The zero-order valence-electron chi connectivity index (χ0n) is 35.1. The van der Waals surface area contributed by atoms with Crippen LogP contribution in [0.25, 0.3) is 0 Å². The summed E-state index contributed by atoms with van der Waals surface area (Å²) in [5.74, 6) is -1.48. The molecule has 0 aromatic heterocycles.